The van der Waals surface area contributed by atoms with Gasteiger partial charge in [-0.15, -0.1) is 0 Å². The molecule has 0 aliphatic heterocycles. The summed E-state index contributed by atoms with van der Waals surface area (Å²) in [7, 11) is -1.70. The summed E-state index contributed by atoms with van der Waals surface area (Å²) in [5, 5.41) is 2.53. The summed E-state index contributed by atoms with van der Waals surface area (Å²) in [6, 6.07) is 6.92. The van der Waals surface area contributed by atoms with Gasteiger partial charge in [-0.2, -0.15) is 0 Å². The van der Waals surface area contributed by atoms with Crippen LogP contribution < -0.4 is 10.0 Å². The van der Waals surface area contributed by atoms with Gasteiger partial charge in [0.25, 0.3) is 5.91 Å². The van der Waals surface area contributed by atoms with Crippen LogP contribution in [0.2, 0.25) is 0 Å². The molecule has 0 aromatic heterocycles. The molecule has 0 fully saturated rings. The maximum absolute atomic E-state index is 11.6. The third-order valence-corrected chi connectivity index (χ3v) is 4.01. The number of nitrogens with one attached hydrogen (secondary N) is 2. The van der Waals surface area contributed by atoms with Gasteiger partial charge in [0.1, 0.15) is 0 Å². The molecule has 108 valence electrons. The first-order chi connectivity index (χ1) is 9.50. The maximum Gasteiger partial charge on any atom is 0.252 e. The molecule has 0 aliphatic carbocycles. The molecule has 0 radical (unpaired) electrons. The summed E-state index contributed by atoms with van der Waals surface area (Å²) in [6.45, 7) is 1.83. The fourth-order valence-electron chi connectivity index (χ4n) is 1.55. The summed E-state index contributed by atoms with van der Waals surface area (Å²) in [4.78, 5) is 11.6. The molecule has 0 saturated heterocycles. The van der Waals surface area contributed by atoms with Crippen molar-refractivity contribution in [1.82, 2.24) is 10.0 Å². The van der Waals surface area contributed by atoms with Gasteiger partial charge in [-0.05, 0) is 18.6 Å². The van der Waals surface area contributed by atoms with E-state index in [1.165, 1.54) is 0 Å². The van der Waals surface area contributed by atoms with Crippen molar-refractivity contribution >= 4 is 15.9 Å². The van der Waals surface area contributed by atoms with Crippen LogP contribution in [0.5, 0.6) is 0 Å². The predicted molar refractivity (Wildman–Crippen MR) is 78.8 cm³/mol. The van der Waals surface area contributed by atoms with Crippen molar-refractivity contribution in [1.29, 1.82) is 0 Å². The van der Waals surface area contributed by atoms with Crippen LogP contribution in [0.1, 0.15) is 29.3 Å². The van der Waals surface area contributed by atoms with Crippen LogP contribution in [0, 0.1) is 11.8 Å². The zero-order valence-electron chi connectivity index (χ0n) is 11.6. The minimum atomic E-state index is -3.25. The van der Waals surface area contributed by atoms with Crippen molar-refractivity contribution in [2.75, 3.05) is 19.3 Å². The van der Waals surface area contributed by atoms with Crippen molar-refractivity contribution in [2.45, 2.75) is 13.3 Å². The van der Waals surface area contributed by atoms with E-state index in [1.807, 2.05) is 0 Å². The molecule has 0 bridgehead atoms. The Kier molecular flexibility index (Phi) is 6.22. The number of hydrogen-bond donors (Lipinski definition) is 2. The van der Waals surface area contributed by atoms with Gasteiger partial charge in [0.15, 0.2) is 0 Å². The first-order valence-corrected chi connectivity index (χ1v) is 7.92. The summed E-state index contributed by atoms with van der Waals surface area (Å²) in [5.41, 5.74) is 1.04. The average Bonchev–Trinajstić information content (AvgIpc) is 2.43. The zero-order valence-corrected chi connectivity index (χ0v) is 12.4. The molecule has 0 aliphatic rings. The molecule has 1 amide bonds. The van der Waals surface area contributed by atoms with Gasteiger partial charge in [-0.3, -0.25) is 4.79 Å². The third-order valence-electron chi connectivity index (χ3n) is 2.48. The fourth-order valence-corrected chi connectivity index (χ4v) is 2.53. The van der Waals surface area contributed by atoms with Gasteiger partial charge in [0.2, 0.25) is 10.0 Å². The number of carbonyl (C=O) groups excluding carboxylic acids is 1. The van der Waals surface area contributed by atoms with Gasteiger partial charge >= 0.3 is 0 Å². The van der Waals surface area contributed by atoms with Crippen LogP contribution in [-0.4, -0.2) is 33.7 Å². The monoisotopic (exact) mass is 294 g/mol. The lowest BCUT2D eigenvalue weighted by molar-refractivity contribution is 0.0963. The van der Waals surface area contributed by atoms with Gasteiger partial charge in [0, 0.05) is 12.6 Å². The Hall–Kier alpha value is -1.84. The Balaban J connectivity index is 2.76. The predicted octanol–water partition coefficient (Wildman–Crippen LogP) is 0.727. The third kappa shape index (κ3) is 5.03. The number of amides is 1. The van der Waals surface area contributed by atoms with Gasteiger partial charge < -0.3 is 5.32 Å². The normalized spacial score (nSPS) is 10.5. The van der Waals surface area contributed by atoms with Crippen molar-refractivity contribution < 1.29 is 13.2 Å². The number of carbonyl (C=O) groups is 1. The molecule has 2 N–H and O–H groups in total. The second-order valence-electron chi connectivity index (χ2n) is 4.07. The number of hydrogen-bond acceptors (Lipinski definition) is 3. The van der Waals surface area contributed by atoms with E-state index in [4.69, 9.17) is 0 Å². The number of rotatable bonds is 5. The number of sulfonamides is 1. The number of benzene rings is 1. The molecular weight excluding hydrogens is 276 g/mol. The average molecular weight is 294 g/mol. The SMILES string of the molecule is CCCS(=O)(=O)NCC#Cc1ccccc1C(=O)NC. The molecular formula is C14H18N2O3S. The van der Waals surface area contributed by atoms with Crippen LogP contribution in [-0.2, 0) is 10.0 Å². The van der Waals surface area contributed by atoms with E-state index in [1.54, 1.807) is 38.2 Å². The van der Waals surface area contributed by atoms with Gasteiger partial charge in [-0.1, -0.05) is 30.9 Å². The van der Waals surface area contributed by atoms with Crippen molar-refractivity contribution in [3.05, 3.63) is 35.4 Å². The molecule has 0 atom stereocenters. The highest BCUT2D eigenvalue weighted by molar-refractivity contribution is 7.89. The Morgan fingerprint density at radius 3 is 2.65 bits per heavy atom. The molecule has 0 spiro atoms. The van der Waals surface area contributed by atoms with Crippen LogP contribution in [0.25, 0.3) is 0 Å². The lowest BCUT2D eigenvalue weighted by atomic mass is 10.1. The highest BCUT2D eigenvalue weighted by Gasteiger charge is 2.07. The molecule has 6 heteroatoms. The quantitative estimate of drug-likeness (QED) is 0.786. The second-order valence-corrected chi connectivity index (χ2v) is 5.99. The Morgan fingerprint density at radius 1 is 1.30 bits per heavy atom. The molecule has 1 aromatic carbocycles. The molecule has 1 aromatic rings. The molecule has 0 heterocycles. The van der Waals surface area contributed by atoms with E-state index in [9.17, 15) is 13.2 Å². The molecule has 1 rings (SSSR count). The summed E-state index contributed by atoms with van der Waals surface area (Å²) in [6.07, 6.45) is 0.558. The van der Waals surface area contributed by atoms with E-state index in [0.29, 0.717) is 17.5 Å². The van der Waals surface area contributed by atoms with Crippen LogP contribution in [0.3, 0.4) is 0 Å². The van der Waals surface area contributed by atoms with Crippen molar-refractivity contribution in [3.8, 4) is 11.8 Å². The standard InChI is InChI=1S/C14H18N2O3S/c1-3-11-20(18,19)16-10-6-8-12-7-4-5-9-13(12)14(17)15-2/h4-5,7,9,16H,3,10-11H2,1-2H3,(H,15,17). The lowest BCUT2D eigenvalue weighted by Gasteiger charge is -2.02. The van der Waals surface area contributed by atoms with Crippen LogP contribution >= 0.6 is 0 Å². The van der Waals surface area contributed by atoms with E-state index in [-0.39, 0.29) is 18.2 Å². The smallest absolute Gasteiger partial charge is 0.252 e. The zero-order chi connectivity index (χ0) is 15.0. The summed E-state index contributed by atoms with van der Waals surface area (Å²) < 4.78 is 25.2. The second kappa shape index (κ2) is 7.68. The van der Waals surface area contributed by atoms with E-state index >= 15 is 0 Å². The lowest BCUT2D eigenvalue weighted by Crippen LogP contribution is -2.26. The molecule has 5 nitrogen and oxygen atoms in total. The molecule has 0 saturated carbocycles. The van der Waals surface area contributed by atoms with Crippen molar-refractivity contribution in [2.24, 2.45) is 0 Å². The molecule has 0 unspecified atom stereocenters. The van der Waals surface area contributed by atoms with E-state index in [2.05, 4.69) is 21.9 Å². The molecule has 20 heavy (non-hydrogen) atoms. The first kappa shape index (κ1) is 16.2. The van der Waals surface area contributed by atoms with Crippen molar-refractivity contribution in [3.63, 3.8) is 0 Å². The summed E-state index contributed by atoms with van der Waals surface area (Å²) in [5.74, 6) is 5.39. The van der Waals surface area contributed by atoms with Gasteiger partial charge in [0.05, 0.1) is 17.9 Å². The topological polar surface area (TPSA) is 75.3 Å². The summed E-state index contributed by atoms with van der Waals surface area (Å²) >= 11 is 0. The van der Waals surface area contributed by atoms with E-state index < -0.39 is 10.0 Å². The van der Waals surface area contributed by atoms with E-state index in [0.717, 1.165) is 0 Å². The highest BCUT2D eigenvalue weighted by atomic mass is 32.2. The Labute approximate surface area is 119 Å². The maximum atomic E-state index is 11.6. The largest absolute Gasteiger partial charge is 0.355 e. The fraction of sp³-hybridized carbons (Fsp3) is 0.357. The van der Waals surface area contributed by atoms with Gasteiger partial charge in [-0.25, -0.2) is 13.1 Å². The highest BCUT2D eigenvalue weighted by Crippen LogP contribution is 2.06. The first-order valence-electron chi connectivity index (χ1n) is 6.27. The van der Waals surface area contributed by atoms with Crippen LogP contribution in [0.4, 0.5) is 0 Å². The minimum Gasteiger partial charge on any atom is -0.355 e. The Bertz CT molecular complexity index is 627. The Morgan fingerprint density at radius 2 is 2.00 bits per heavy atom. The minimum absolute atomic E-state index is 0.0322. The van der Waals surface area contributed by atoms with Crippen LogP contribution in [0.15, 0.2) is 24.3 Å².